The van der Waals surface area contributed by atoms with E-state index >= 15 is 0 Å². The third-order valence-electron chi connectivity index (χ3n) is 5.66. The zero-order valence-corrected chi connectivity index (χ0v) is 14.4. The molecule has 0 aromatic carbocycles. The number of likely N-dealkylation sites (tertiary alicyclic amines) is 1. The van der Waals surface area contributed by atoms with Gasteiger partial charge >= 0.3 is 0 Å². The molecule has 3 heterocycles. The average Bonchev–Trinajstić information content (AvgIpc) is 3.06. The van der Waals surface area contributed by atoms with Crippen molar-refractivity contribution >= 4 is 28.6 Å². The molecule has 1 aliphatic carbocycles. The smallest absolute Gasteiger partial charge is 0.269 e. The molecular weight excluding hydrogens is 336 g/mol. The summed E-state index contributed by atoms with van der Waals surface area (Å²) in [6, 6.07) is 1.62. The number of amides is 3. The lowest BCUT2D eigenvalue weighted by Crippen LogP contribution is -2.52. The second-order valence-corrected chi connectivity index (χ2v) is 7.01. The van der Waals surface area contributed by atoms with E-state index in [4.69, 9.17) is 11.5 Å². The van der Waals surface area contributed by atoms with Crippen LogP contribution in [-0.2, 0) is 16.1 Å². The van der Waals surface area contributed by atoms with Crippen molar-refractivity contribution in [3.63, 3.8) is 0 Å². The molecule has 3 amide bonds. The van der Waals surface area contributed by atoms with Gasteiger partial charge in [-0.05, 0) is 31.2 Å². The number of hydrogen-bond acceptors (Lipinski definition) is 5. The van der Waals surface area contributed by atoms with Gasteiger partial charge in [0.05, 0.1) is 11.7 Å². The topological polar surface area (TPSA) is 137 Å². The van der Waals surface area contributed by atoms with Crippen LogP contribution in [0.4, 0.5) is 0 Å². The molecule has 1 saturated heterocycles. The van der Waals surface area contributed by atoms with Gasteiger partial charge in [0.15, 0.2) is 5.69 Å². The SMILES string of the molecule is CC[C@H]1C[C@@H]2C[C@@]2(C(N)=O)N1C(=O)Cn1nc(C(N)=O)c2ccncc21. The van der Waals surface area contributed by atoms with Crippen LogP contribution < -0.4 is 11.5 Å². The number of rotatable bonds is 5. The van der Waals surface area contributed by atoms with E-state index in [1.807, 2.05) is 6.92 Å². The summed E-state index contributed by atoms with van der Waals surface area (Å²) in [5.41, 5.74) is 10.8. The molecule has 0 radical (unpaired) electrons. The minimum absolute atomic E-state index is 0.00990. The molecule has 9 nitrogen and oxygen atoms in total. The van der Waals surface area contributed by atoms with E-state index in [0.717, 1.165) is 12.8 Å². The van der Waals surface area contributed by atoms with Crippen LogP contribution in [0.2, 0.25) is 0 Å². The zero-order valence-electron chi connectivity index (χ0n) is 14.4. The second kappa shape index (κ2) is 5.52. The third kappa shape index (κ3) is 2.12. The molecule has 2 fully saturated rings. The van der Waals surface area contributed by atoms with Crippen LogP contribution in [0.25, 0.3) is 10.9 Å². The maximum Gasteiger partial charge on any atom is 0.269 e. The number of carbonyl (C=O) groups is 3. The highest BCUT2D eigenvalue weighted by atomic mass is 16.2. The minimum Gasteiger partial charge on any atom is -0.368 e. The Morgan fingerprint density at radius 1 is 1.35 bits per heavy atom. The van der Waals surface area contributed by atoms with Crippen molar-refractivity contribution < 1.29 is 14.4 Å². The van der Waals surface area contributed by atoms with Crippen LogP contribution in [0.15, 0.2) is 18.5 Å². The number of primary amides is 2. The molecule has 3 atom stereocenters. The van der Waals surface area contributed by atoms with Gasteiger partial charge in [0.1, 0.15) is 12.1 Å². The van der Waals surface area contributed by atoms with Crippen LogP contribution in [0, 0.1) is 5.92 Å². The first-order valence-corrected chi connectivity index (χ1v) is 8.62. The molecule has 4 N–H and O–H groups in total. The first kappa shape index (κ1) is 16.5. The Kier molecular flexibility index (Phi) is 3.50. The quantitative estimate of drug-likeness (QED) is 0.763. The standard InChI is InChI=1S/C17H20N6O3/c1-2-10-5-9-6-17(9,16(19)26)23(10)13(24)8-22-12-7-20-4-3-11(12)14(21-22)15(18)25/h3-4,7,9-10H,2,5-6,8H2,1H3,(H2,18,25)(H2,19,26)/t9-,10+,17-/m1/s1. The van der Waals surface area contributed by atoms with Gasteiger partial charge in [-0.2, -0.15) is 5.10 Å². The number of nitrogens with zero attached hydrogens (tertiary/aromatic N) is 4. The van der Waals surface area contributed by atoms with Crippen molar-refractivity contribution in [3.05, 3.63) is 24.2 Å². The molecule has 2 aromatic heterocycles. The highest BCUT2D eigenvalue weighted by Crippen LogP contribution is 2.58. The predicted molar refractivity (Wildman–Crippen MR) is 91.6 cm³/mol. The Morgan fingerprint density at radius 3 is 2.77 bits per heavy atom. The van der Waals surface area contributed by atoms with Gasteiger partial charge in [0, 0.05) is 17.6 Å². The zero-order chi connectivity index (χ0) is 18.6. The summed E-state index contributed by atoms with van der Waals surface area (Å²) in [7, 11) is 0. The second-order valence-electron chi connectivity index (χ2n) is 7.01. The molecule has 4 rings (SSSR count). The van der Waals surface area contributed by atoms with Crippen molar-refractivity contribution in [1.82, 2.24) is 19.7 Å². The fourth-order valence-corrected chi connectivity index (χ4v) is 4.37. The van der Waals surface area contributed by atoms with E-state index in [2.05, 4.69) is 10.1 Å². The molecule has 26 heavy (non-hydrogen) atoms. The molecule has 0 spiro atoms. The van der Waals surface area contributed by atoms with Crippen LogP contribution in [0.1, 0.15) is 36.7 Å². The van der Waals surface area contributed by atoms with Gasteiger partial charge in [0.2, 0.25) is 11.8 Å². The molecule has 2 aromatic rings. The highest BCUT2D eigenvalue weighted by Gasteiger charge is 2.70. The lowest BCUT2D eigenvalue weighted by Gasteiger charge is -2.32. The maximum atomic E-state index is 13.1. The Morgan fingerprint density at radius 2 is 2.12 bits per heavy atom. The summed E-state index contributed by atoms with van der Waals surface area (Å²) in [6.45, 7) is 1.89. The largest absolute Gasteiger partial charge is 0.368 e. The van der Waals surface area contributed by atoms with Crippen LogP contribution in [0.5, 0.6) is 0 Å². The van der Waals surface area contributed by atoms with Gasteiger partial charge in [0.25, 0.3) is 5.91 Å². The number of carbonyl (C=O) groups excluding carboxylic acids is 3. The first-order chi connectivity index (χ1) is 12.4. The fraction of sp³-hybridized carbons (Fsp3) is 0.471. The number of hydrogen-bond donors (Lipinski definition) is 2. The third-order valence-corrected chi connectivity index (χ3v) is 5.66. The van der Waals surface area contributed by atoms with Gasteiger partial charge in [-0.15, -0.1) is 0 Å². The molecule has 0 unspecified atom stereocenters. The van der Waals surface area contributed by atoms with Crippen molar-refractivity contribution in [1.29, 1.82) is 0 Å². The Bertz CT molecular complexity index is 938. The average molecular weight is 356 g/mol. The number of piperidine rings is 1. The highest BCUT2D eigenvalue weighted by molar-refractivity contribution is 6.04. The first-order valence-electron chi connectivity index (χ1n) is 8.62. The summed E-state index contributed by atoms with van der Waals surface area (Å²) in [6.07, 6.45) is 5.24. The summed E-state index contributed by atoms with van der Waals surface area (Å²) in [5.74, 6) is -1.21. The normalized spacial score (nSPS) is 26.7. The van der Waals surface area contributed by atoms with Gasteiger partial charge < -0.3 is 16.4 Å². The van der Waals surface area contributed by atoms with Crippen LogP contribution in [0.3, 0.4) is 0 Å². The molecule has 0 bridgehead atoms. The monoisotopic (exact) mass is 356 g/mol. The van der Waals surface area contributed by atoms with Gasteiger partial charge in [-0.3, -0.25) is 24.0 Å². The fourth-order valence-electron chi connectivity index (χ4n) is 4.37. The summed E-state index contributed by atoms with van der Waals surface area (Å²) in [4.78, 5) is 42.4. The Hall–Kier alpha value is -2.97. The van der Waals surface area contributed by atoms with Crippen molar-refractivity contribution in [2.45, 2.75) is 44.3 Å². The Labute approximate surface area is 149 Å². The Balaban J connectivity index is 1.69. The summed E-state index contributed by atoms with van der Waals surface area (Å²) >= 11 is 0. The molecule has 136 valence electrons. The van der Waals surface area contributed by atoms with E-state index in [1.54, 1.807) is 11.0 Å². The maximum absolute atomic E-state index is 13.1. The molecule has 9 heteroatoms. The van der Waals surface area contributed by atoms with Gasteiger partial charge in [-0.1, -0.05) is 6.92 Å². The summed E-state index contributed by atoms with van der Waals surface area (Å²) < 4.78 is 1.42. The van der Waals surface area contributed by atoms with Crippen molar-refractivity contribution in [2.75, 3.05) is 0 Å². The lowest BCUT2D eigenvalue weighted by molar-refractivity contribution is -0.142. The molecule has 1 aliphatic heterocycles. The van der Waals surface area contributed by atoms with E-state index in [1.165, 1.54) is 17.1 Å². The van der Waals surface area contributed by atoms with Crippen LogP contribution >= 0.6 is 0 Å². The van der Waals surface area contributed by atoms with Crippen molar-refractivity contribution in [2.24, 2.45) is 17.4 Å². The molecule has 1 saturated carbocycles. The summed E-state index contributed by atoms with van der Waals surface area (Å²) in [5, 5.41) is 4.74. The minimum atomic E-state index is -0.856. The number of pyridine rings is 1. The van der Waals surface area contributed by atoms with Crippen molar-refractivity contribution in [3.8, 4) is 0 Å². The number of nitrogens with two attached hydrogens (primary N) is 2. The lowest BCUT2D eigenvalue weighted by atomic mass is 10.1. The van der Waals surface area contributed by atoms with E-state index in [9.17, 15) is 14.4 Å². The van der Waals surface area contributed by atoms with Crippen LogP contribution in [-0.4, -0.2) is 49.0 Å². The van der Waals surface area contributed by atoms with E-state index in [0.29, 0.717) is 17.3 Å². The van der Waals surface area contributed by atoms with E-state index < -0.39 is 17.4 Å². The predicted octanol–water partition coefficient (Wildman–Crippen LogP) is -0.215. The number of aromatic nitrogens is 3. The van der Waals surface area contributed by atoms with Gasteiger partial charge in [-0.25, -0.2) is 0 Å². The molecular formula is C17H20N6O3. The number of fused-ring (bicyclic) bond motifs is 2. The van der Waals surface area contributed by atoms with E-state index in [-0.39, 0.29) is 30.1 Å². The molecule has 2 aliphatic rings.